The number of ether oxygens (including phenoxy) is 3. The fraction of sp³-hybridized carbons (Fsp3) is 0.556. The van der Waals surface area contributed by atoms with Crippen molar-refractivity contribution in [2.75, 3.05) is 31.3 Å². The summed E-state index contributed by atoms with van der Waals surface area (Å²) in [4.78, 5) is 78.8. The number of phosphoric ester groups is 2. The Labute approximate surface area is 316 Å². The van der Waals surface area contributed by atoms with Crippen LogP contribution in [0.15, 0.2) is 56.0 Å². The Morgan fingerprint density at radius 1 is 0.667 bits per heavy atom. The molecule has 3 aromatic rings. The van der Waals surface area contributed by atoms with Crippen LogP contribution in [0.4, 0.5) is 11.6 Å². The molecule has 12 N–H and O–H groups in total. The maximum Gasteiger partial charge on any atom is 0.472 e. The lowest BCUT2D eigenvalue weighted by Crippen LogP contribution is -2.39. The summed E-state index contributed by atoms with van der Waals surface area (Å²) in [5, 5.41) is 52.9. The number of hydrogen-bond donors (Lipinski definition) is 10. The molecular formula is C27H36N8O20P2. The topological polar surface area (TPSA) is 417 Å². The van der Waals surface area contributed by atoms with Gasteiger partial charge in [-0.2, -0.15) is 9.97 Å². The van der Waals surface area contributed by atoms with Crippen molar-refractivity contribution >= 4 is 27.3 Å². The summed E-state index contributed by atoms with van der Waals surface area (Å²) < 4.78 is 65.3. The number of phosphoric acid groups is 2. The summed E-state index contributed by atoms with van der Waals surface area (Å²) in [6.45, 7) is -3.01. The van der Waals surface area contributed by atoms with E-state index in [1.807, 2.05) is 4.98 Å². The van der Waals surface area contributed by atoms with Crippen molar-refractivity contribution in [3.05, 3.63) is 78.6 Å². The minimum absolute atomic E-state index is 0.146. The number of rotatable bonds is 14. The van der Waals surface area contributed by atoms with Crippen LogP contribution in [0.2, 0.25) is 0 Å². The van der Waals surface area contributed by atoms with E-state index in [0.717, 1.165) is 39.9 Å². The number of nitrogen functional groups attached to an aromatic ring is 2. The summed E-state index contributed by atoms with van der Waals surface area (Å²) in [6.07, 6.45) is -18.2. The number of aromatic amines is 1. The number of nitrogens with one attached hydrogen (secondary N) is 1. The average Bonchev–Trinajstić information content (AvgIpc) is 3.71. The van der Waals surface area contributed by atoms with Gasteiger partial charge in [-0.15, -0.1) is 0 Å². The lowest BCUT2D eigenvalue weighted by Gasteiger charge is -2.25. The van der Waals surface area contributed by atoms with Gasteiger partial charge in [-0.25, -0.2) is 23.5 Å². The van der Waals surface area contributed by atoms with Crippen LogP contribution in [0.5, 0.6) is 0 Å². The van der Waals surface area contributed by atoms with Crippen molar-refractivity contribution in [2.24, 2.45) is 0 Å². The first-order chi connectivity index (χ1) is 26.8. The standard InChI is InChI=1S/C27H36N8O20P2/c28-13-1-4-33(25(42)30-13)22-17(39)16(38)11(52-22)8-49-56(45,46)55-21-12(53-24(19(21)41)34-5-2-14(29)31-26(34)43)9-50-57(47,48)54-20-10(7-36)51-23(18(20)40)35-6-3-15(37)32-27(35)44/h1-6,10-12,16-24,36,38-41H,7-9H2,(H,45,46)(H,47,48)(H2,28,30,42)(H2,29,31,43)(H,32,37,44). The Hall–Kier alpha value is -4.06. The van der Waals surface area contributed by atoms with Gasteiger partial charge in [0.05, 0.1) is 19.8 Å². The maximum atomic E-state index is 13.2. The first-order valence-corrected chi connectivity index (χ1v) is 19.4. The SMILES string of the molecule is Nc1ccn(C2OC(COP(=O)(O)OC3C(COP(=O)(O)OC4C(CO)OC(n5ccc(=O)[nH]c5=O)C4O)OC(n4ccc(N)nc4=O)C3O)C(O)C2O)c(=O)n1. The number of H-pyrrole nitrogens is 1. The van der Waals surface area contributed by atoms with Crippen molar-refractivity contribution in [2.45, 2.75) is 73.6 Å². The van der Waals surface area contributed by atoms with Gasteiger partial charge < -0.3 is 61.0 Å². The van der Waals surface area contributed by atoms with Crippen LogP contribution in [0.3, 0.4) is 0 Å². The molecule has 0 amide bonds. The monoisotopic (exact) mass is 854 g/mol. The van der Waals surface area contributed by atoms with Crippen molar-refractivity contribution in [3.63, 3.8) is 0 Å². The number of nitrogens with zero attached hydrogens (tertiary/aromatic N) is 5. The van der Waals surface area contributed by atoms with Crippen LogP contribution >= 0.6 is 15.6 Å². The molecule has 3 aromatic heterocycles. The van der Waals surface area contributed by atoms with Crippen molar-refractivity contribution < 1.29 is 76.8 Å². The van der Waals surface area contributed by atoms with Gasteiger partial charge in [0.1, 0.15) is 66.6 Å². The van der Waals surface area contributed by atoms with Gasteiger partial charge in [0.2, 0.25) is 0 Å². The van der Waals surface area contributed by atoms with Gasteiger partial charge in [0, 0.05) is 24.7 Å². The van der Waals surface area contributed by atoms with Gasteiger partial charge in [-0.1, -0.05) is 0 Å². The fourth-order valence-electron chi connectivity index (χ4n) is 6.11. The summed E-state index contributed by atoms with van der Waals surface area (Å²) in [6, 6.07) is 3.26. The molecule has 0 radical (unpaired) electrons. The molecule has 6 heterocycles. The predicted octanol–water partition coefficient (Wildman–Crippen LogP) is -5.65. The number of aromatic nitrogens is 6. The molecule has 3 aliphatic rings. The number of hydrogen-bond acceptors (Lipinski definition) is 22. The summed E-state index contributed by atoms with van der Waals surface area (Å²) in [7, 11) is -10.8. The van der Waals surface area contributed by atoms with E-state index in [1.165, 1.54) is 6.07 Å². The first kappa shape index (κ1) is 42.5. The van der Waals surface area contributed by atoms with E-state index in [9.17, 15) is 63.6 Å². The average molecular weight is 855 g/mol. The quantitative estimate of drug-likeness (QED) is 0.0676. The summed E-state index contributed by atoms with van der Waals surface area (Å²) >= 11 is 0. The van der Waals surface area contributed by atoms with Crippen LogP contribution in [-0.2, 0) is 41.4 Å². The number of anilines is 2. The predicted molar refractivity (Wildman–Crippen MR) is 181 cm³/mol. The zero-order valence-corrected chi connectivity index (χ0v) is 30.5. The third-order valence-electron chi connectivity index (χ3n) is 8.83. The van der Waals surface area contributed by atoms with E-state index in [0.29, 0.717) is 4.57 Å². The van der Waals surface area contributed by atoms with Crippen LogP contribution in [0, 0.1) is 0 Å². The summed E-state index contributed by atoms with van der Waals surface area (Å²) in [5.41, 5.74) is 7.15. The second kappa shape index (κ2) is 16.7. The minimum atomic E-state index is -5.39. The molecule has 0 aromatic carbocycles. The molecular weight excluding hydrogens is 818 g/mol. The molecule has 314 valence electrons. The zero-order valence-electron chi connectivity index (χ0n) is 28.7. The van der Waals surface area contributed by atoms with E-state index in [-0.39, 0.29) is 11.6 Å². The molecule has 3 saturated heterocycles. The van der Waals surface area contributed by atoms with Crippen molar-refractivity contribution in [3.8, 4) is 0 Å². The Morgan fingerprint density at radius 2 is 1.11 bits per heavy atom. The largest absolute Gasteiger partial charge is 0.472 e. The van der Waals surface area contributed by atoms with E-state index in [4.69, 9.17) is 43.8 Å². The number of aliphatic hydroxyl groups is 5. The molecule has 30 heteroatoms. The fourth-order valence-corrected chi connectivity index (χ4v) is 8.04. The van der Waals surface area contributed by atoms with Crippen LogP contribution in [0.25, 0.3) is 0 Å². The molecule has 57 heavy (non-hydrogen) atoms. The van der Waals surface area contributed by atoms with Gasteiger partial charge in [-0.3, -0.25) is 41.6 Å². The number of aliphatic hydroxyl groups excluding tert-OH is 5. The molecule has 14 atom stereocenters. The van der Waals surface area contributed by atoms with E-state index in [2.05, 4.69) is 9.97 Å². The van der Waals surface area contributed by atoms with Crippen LogP contribution in [0.1, 0.15) is 18.7 Å². The molecule has 0 bridgehead atoms. The van der Waals surface area contributed by atoms with E-state index < -0.39 is 132 Å². The van der Waals surface area contributed by atoms with Gasteiger partial charge in [-0.05, 0) is 12.1 Å². The van der Waals surface area contributed by atoms with Gasteiger partial charge >= 0.3 is 32.7 Å². The second-order valence-electron chi connectivity index (χ2n) is 12.6. The molecule has 0 aliphatic carbocycles. The molecule has 0 saturated carbocycles. The smallest absolute Gasteiger partial charge is 0.394 e. The highest BCUT2D eigenvalue weighted by molar-refractivity contribution is 7.47. The molecule has 6 rings (SSSR count). The van der Waals surface area contributed by atoms with Crippen LogP contribution < -0.4 is 34.1 Å². The third-order valence-corrected chi connectivity index (χ3v) is 10.8. The van der Waals surface area contributed by atoms with Crippen LogP contribution in [-0.4, -0.2) is 139 Å². The van der Waals surface area contributed by atoms with E-state index in [1.54, 1.807) is 0 Å². The van der Waals surface area contributed by atoms with E-state index >= 15 is 0 Å². The first-order valence-electron chi connectivity index (χ1n) is 16.4. The minimum Gasteiger partial charge on any atom is -0.394 e. The Bertz CT molecular complexity index is 2270. The molecule has 3 aliphatic heterocycles. The third kappa shape index (κ3) is 9.16. The van der Waals surface area contributed by atoms with Crippen molar-refractivity contribution in [1.29, 1.82) is 0 Å². The van der Waals surface area contributed by atoms with Gasteiger partial charge in [0.15, 0.2) is 18.7 Å². The highest BCUT2D eigenvalue weighted by Gasteiger charge is 2.53. The molecule has 3 fully saturated rings. The normalized spacial score (nSPS) is 33.6. The zero-order chi connectivity index (χ0) is 41.6. The number of nitrogens with two attached hydrogens (primary N) is 2. The Balaban J connectivity index is 1.16. The van der Waals surface area contributed by atoms with Crippen molar-refractivity contribution in [1.82, 2.24) is 28.7 Å². The van der Waals surface area contributed by atoms with Gasteiger partial charge in [0.25, 0.3) is 5.56 Å². The molecule has 14 unspecified atom stereocenters. The maximum absolute atomic E-state index is 13.2. The lowest BCUT2D eigenvalue weighted by atomic mass is 10.1. The summed E-state index contributed by atoms with van der Waals surface area (Å²) in [5.74, 6) is -0.372. The Kier molecular flexibility index (Phi) is 12.4. The molecule has 28 nitrogen and oxygen atoms in total. The highest BCUT2D eigenvalue weighted by atomic mass is 31.2. The second-order valence-corrected chi connectivity index (χ2v) is 15.4. The Morgan fingerprint density at radius 3 is 1.61 bits per heavy atom. The molecule has 0 spiro atoms. The highest BCUT2D eigenvalue weighted by Crippen LogP contribution is 2.52. The lowest BCUT2D eigenvalue weighted by molar-refractivity contribution is -0.0643.